The van der Waals surface area contributed by atoms with E-state index >= 15 is 0 Å². The van der Waals surface area contributed by atoms with Crippen molar-refractivity contribution in [2.75, 3.05) is 0 Å². The number of carbonyl (C=O) groups is 1. The largest absolute Gasteiger partial charge is 0.369 e. The Morgan fingerprint density at radius 1 is 1.58 bits per heavy atom. The topological polar surface area (TPSA) is 43.1 Å². The highest BCUT2D eigenvalue weighted by Crippen LogP contribution is 2.11. The number of primary amides is 1. The van der Waals surface area contributed by atoms with E-state index in [1.54, 1.807) is 19.1 Å². The molecule has 66 valence electrons. The summed E-state index contributed by atoms with van der Waals surface area (Å²) in [6.07, 6.45) is 5.84. The molecule has 0 aromatic rings. The average Bonchev–Trinajstić information content (AvgIpc) is 2.03. The van der Waals surface area contributed by atoms with Crippen LogP contribution in [0.1, 0.15) is 13.3 Å². The first-order valence-corrected chi connectivity index (χ1v) is 3.85. The number of amides is 1. The minimum Gasteiger partial charge on any atom is -0.369 e. The van der Waals surface area contributed by atoms with Crippen LogP contribution in [0.25, 0.3) is 0 Å². The van der Waals surface area contributed by atoms with Crippen LogP contribution in [-0.4, -0.2) is 5.91 Å². The van der Waals surface area contributed by atoms with E-state index in [1.165, 1.54) is 0 Å². The van der Waals surface area contributed by atoms with Gasteiger partial charge in [-0.1, -0.05) is 38.3 Å². The van der Waals surface area contributed by atoms with Crippen LogP contribution in [0.3, 0.4) is 0 Å². The Bertz CT molecular complexity index is 216. The Labute approximate surface area is 73.5 Å². The predicted molar refractivity (Wildman–Crippen MR) is 51.5 cm³/mol. The van der Waals surface area contributed by atoms with Gasteiger partial charge in [0.25, 0.3) is 0 Å². The van der Waals surface area contributed by atoms with Crippen LogP contribution in [0.2, 0.25) is 0 Å². The highest BCUT2D eigenvalue weighted by Gasteiger charge is 2.08. The molecule has 1 amide bonds. The van der Waals surface area contributed by atoms with Crippen LogP contribution in [0.4, 0.5) is 0 Å². The zero-order chi connectivity index (χ0) is 9.56. The summed E-state index contributed by atoms with van der Waals surface area (Å²) in [6.45, 7) is 8.98. The number of rotatable bonds is 5. The number of allylic oxidation sites excluding steroid dienone is 4. The van der Waals surface area contributed by atoms with E-state index in [-0.39, 0.29) is 11.8 Å². The maximum absolute atomic E-state index is 10.7. The Kier molecular flexibility index (Phi) is 4.77. The molecule has 2 heteroatoms. The second-order valence-corrected chi connectivity index (χ2v) is 2.69. The Morgan fingerprint density at radius 3 is 2.50 bits per heavy atom. The van der Waals surface area contributed by atoms with Crippen LogP contribution in [0, 0.1) is 5.92 Å². The number of hydrogen-bond donors (Lipinski definition) is 1. The maximum Gasteiger partial charge on any atom is 0.220 e. The average molecular weight is 165 g/mol. The fourth-order valence-electron chi connectivity index (χ4n) is 0.825. The van der Waals surface area contributed by atoms with E-state index in [0.29, 0.717) is 6.42 Å². The minimum atomic E-state index is -0.285. The van der Waals surface area contributed by atoms with E-state index in [2.05, 4.69) is 13.2 Å². The van der Waals surface area contributed by atoms with Crippen molar-refractivity contribution >= 4 is 5.91 Å². The molecule has 0 rings (SSSR count). The van der Waals surface area contributed by atoms with Crippen molar-refractivity contribution in [2.24, 2.45) is 11.7 Å². The van der Waals surface area contributed by atoms with Gasteiger partial charge in [-0.25, -0.2) is 0 Å². The van der Waals surface area contributed by atoms with Gasteiger partial charge in [0, 0.05) is 5.92 Å². The van der Waals surface area contributed by atoms with E-state index in [0.717, 1.165) is 5.57 Å². The highest BCUT2D eigenvalue weighted by molar-refractivity contribution is 5.76. The molecule has 2 N–H and O–H groups in total. The molecule has 0 radical (unpaired) electrons. The van der Waals surface area contributed by atoms with Crippen LogP contribution in [0.15, 0.2) is 37.0 Å². The van der Waals surface area contributed by atoms with Gasteiger partial charge in [0.05, 0.1) is 0 Å². The third kappa shape index (κ3) is 3.76. The zero-order valence-electron chi connectivity index (χ0n) is 7.42. The van der Waals surface area contributed by atoms with Gasteiger partial charge in [0.1, 0.15) is 0 Å². The van der Waals surface area contributed by atoms with Gasteiger partial charge < -0.3 is 5.73 Å². The van der Waals surface area contributed by atoms with Crippen molar-refractivity contribution < 1.29 is 4.79 Å². The van der Waals surface area contributed by atoms with E-state index in [4.69, 9.17) is 5.73 Å². The summed E-state index contributed by atoms with van der Waals surface area (Å²) in [4.78, 5) is 10.7. The molecule has 1 atom stereocenters. The molecule has 0 aromatic carbocycles. The molecule has 0 aliphatic carbocycles. The van der Waals surface area contributed by atoms with Crippen molar-refractivity contribution in [3.05, 3.63) is 37.0 Å². The van der Waals surface area contributed by atoms with Crippen molar-refractivity contribution in [1.29, 1.82) is 0 Å². The third-order valence-corrected chi connectivity index (χ3v) is 1.62. The summed E-state index contributed by atoms with van der Waals surface area (Å²) in [5.74, 6) is -0.430. The minimum absolute atomic E-state index is 0.144. The molecular formula is C10H15NO. The van der Waals surface area contributed by atoms with E-state index in [9.17, 15) is 4.79 Å². The Hall–Kier alpha value is -1.31. The lowest BCUT2D eigenvalue weighted by molar-refractivity contribution is -0.121. The first-order chi connectivity index (χ1) is 5.61. The second kappa shape index (κ2) is 5.35. The summed E-state index contributed by atoms with van der Waals surface area (Å²) >= 11 is 0. The zero-order valence-corrected chi connectivity index (χ0v) is 7.42. The molecule has 0 heterocycles. The van der Waals surface area contributed by atoms with Gasteiger partial charge in [-0.05, 0) is 12.0 Å². The Morgan fingerprint density at radius 2 is 2.17 bits per heavy atom. The molecule has 0 aromatic heterocycles. The van der Waals surface area contributed by atoms with E-state index in [1.807, 2.05) is 6.08 Å². The highest BCUT2D eigenvalue weighted by atomic mass is 16.1. The fourth-order valence-corrected chi connectivity index (χ4v) is 0.825. The molecule has 0 bridgehead atoms. The normalized spacial score (nSPS) is 13.6. The number of hydrogen-bond acceptors (Lipinski definition) is 1. The second-order valence-electron chi connectivity index (χ2n) is 2.69. The SMILES string of the molecule is C=C/C=C(/C=C)CC(C)C(N)=O. The van der Waals surface area contributed by atoms with E-state index < -0.39 is 0 Å². The van der Waals surface area contributed by atoms with Gasteiger partial charge in [-0.2, -0.15) is 0 Å². The van der Waals surface area contributed by atoms with Gasteiger partial charge in [-0.3, -0.25) is 4.79 Å². The lowest BCUT2D eigenvalue weighted by Crippen LogP contribution is -2.20. The molecule has 0 saturated carbocycles. The smallest absolute Gasteiger partial charge is 0.220 e. The maximum atomic E-state index is 10.7. The molecule has 0 aliphatic rings. The lowest BCUT2D eigenvalue weighted by Gasteiger charge is -2.06. The molecule has 0 aliphatic heterocycles. The molecule has 0 saturated heterocycles. The lowest BCUT2D eigenvalue weighted by atomic mass is 10.0. The van der Waals surface area contributed by atoms with Crippen LogP contribution in [-0.2, 0) is 4.79 Å². The first kappa shape index (κ1) is 10.7. The monoisotopic (exact) mass is 165 g/mol. The summed E-state index contributed by atoms with van der Waals surface area (Å²) < 4.78 is 0. The molecule has 0 fully saturated rings. The predicted octanol–water partition coefficient (Wildman–Crippen LogP) is 1.80. The van der Waals surface area contributed by atoms with Crippen molar-refractivity contribution in [3.63, 3.8) is 0 Å². The standard InChI is InChI=1S/C10H15NO/c1-4-6-9(5-2)7-8(3)10(11)12/h4-6,8H,1-2,7H2,3H3,(H2,11,12)/b9-6-. The number of nitrogens with two attached hydrogens (primary N) is 1. The van der Waals surface area contributed by atoms with Crippen molar-refractivity contribution in [1.82, 2.24) is 0 Å². The quantitative estimate of drug-likeness (QED) is 0.620. The van der Waals surface area contributed by atoms with Crippen LogP contribution in [0.5, 0.6) is 0 Å². The number of carbonyl (C=O) groups excluding carboxylic acids is 1. The van der Waals surface area contributed by atoms with Crippen LogP contribution < -0.4 is 5.73 Å². The first-order valence-electron chi connectivity index (χ1n) is 3.85. The van der Waals surface area contributed by atoms with Crippen molar-refractivity contribution in [3.8, 4) is 0 Å². The summed E-state index contributed by atoms with van der Waals surface area (Å²) in [5, 5.41) is 0. The molecule has 2 nitrogen and oxygen atoms in total. The Balaban J connectivity index is 4.20. The summed E-state index contributed by atoms with van der Waals surface area (Å²) in [5.41, 5.74) is 6.09. The van der Waals surface area contributed by atoms with Crippen molar-refractivity contribution in [2.45, 2.75) is 13.3 Å². The molecular weight excluding hydrogens is 150 g/mol. The van der Waals surface area contributed by atoms with Gasteiger partial charge >= 0.3 is 0 Å². The fraction of sp³-hybridized carbons (Fsp3) is 0.300. The van der Waals surface area contributed by atoms with Gasteiger partial charge in [0.2, 0.25) is 5.91 Å². The summed E-state index contributed by atoms with van der Waals surface area (Å²) in [7, 11) is 0. The van der Waals surface area contributed by atoms with Crippen LogP contribution >= 0.6 is 0 Å². The molecule has 0 spiro atoms. The van der Waals surface area contributed by atoms with Gasteiger partial charge in [-0.15, -0.1) is 0 Å². The van der Waals surface area contributed by atoms with Gasteiger partial charge in [0.15, 0.2) is 0 Å². The summed E-state index contributed by atoms with van der Waals surface area (Å²) in [6, 6.07) is 0. The third-order valence-electron chi connectivity index (χ3n) is 1.62. The molecule has 12 heavy (non-hydrogen) atoms. The molecule has 1 unspecified atom stereocenters.